The van der Waals surface area contributed by atoms with E-state index in [9.17, 15) is 0 Å². The fraction of sp³-hybridized carbons (Fsp3) is 0.432. The Bertz CT molecular complexity index is 1660. The van der Waals surface area contributed by atoms with Gasteiger partial charge in [0.1, 0.15) is 0 Å². The van der Waals surface area contributed by atoms with Crippen molar-refractivity contribution in [3.63, 3.8) is 0 Å². The molecule has 0 saturated carbocycles. The van der Waals surface area contributed by atoms with E-state index in [0.29, 0.717) is 0 Å². The minimum atomic E-state index is -0.0838. The number of unbranched alkanes of at least 4 members (excludes halogenated alkanes) is 2. The van der Waals surface area contributed by atoms with Crippen molar-refractivity contribution in [2.75, 3.05) is 18.0 Å². The van der Waals surface area contributed by atoms with Crippen LogP contribution in [0.15, 0.2) is 83.6 Å². The van der Waals surface area contributed by atoms with Crippen molar-refractivity contribution in [3.05, 3.63) is 94.7 Å². The molecule has 3 aromatic carbocycles. The zero-order valence-corrected chi connectivity index (χ0v) is 24.5. The van der Waals surface area contributed by atoms with Crippen molar-refractivity contribution < 1.29 is 9.31 Å². The van der Waals surface area contributed by atoms with Gasteiger partial charge in [-0.2, -0.15) is 4.58 Å². The summed E-state index contributed by atoms with van der Waals surface area (Å²) in [6, 6.07) is 22.8. The summed E-state index contributed by atoms with van der Waals surface area (Å²) in [7, 11) is 0. The van der Waals surface area contributed by atoms with Crippen molar-refractivity contribution in [1.82, 2.24) is 0 Å². The average Bonchev–Trinajstić information content (AvgIpc) is 3.37. The van der Waals surface area contributed by atoms with E-state index >= 15 is 0 Å². The van der Waals surface area contributed by atoms with Crippen molar-refractivity contribution in [2.45, 2.75) is 89.3 Å². The van der Waals surface area contributed by atoms with E-state index in [-0.39, 0.29) is 23.0 Å². The van der Waals surface area contributed by atoms with Gasteiger partial charge in [0.15, 0.2) is 12.3 Å². The maximum Gasteiger partial charge on any atom is 0.210 e. The molecule has 0 bridgehead atoms. The summed E-state index contributed by atoms with van der Waals surface area (Å²) in [5, 5.41) is 2.72. The SMILES string of the molecule is CCCCCC1(C)C2=C3C=C4C5=[N+](CCC4OC3CCN2c2ccccc21)c1ccc2ccccc2c1C5(C)C. The van der Waals surface area contributed by atoms with Gasteiger partial charge in [0.05, 0.1) is 17.6 Å². The molecule has 0 radical (unpaired) electrons. The van der Waals surface area contributed by atoms with Gasteiger partial charge in [0.2, 0.25) is 5.69 Å². The Morgan fingerprint density at radius 1 is 0.925 bits per heavy atom. The molecule has 3 nitrogen and oxygen atoms in total. The van der Waals surface area contributed by atoms with Gasteiger partial charge in [-0.05, 0) is 68.2 Å². The van der Waals surface area contributed by atoms with E-state index in [0.717, 1.165) is 25.9 Å². The maximum atomic E-state index is 7.11. The number of ether oxygens (including phenoxy) is 1. The molecule has 3 heteroatoms. The van der Waals surface area contributed by atoms with E-state index in [2.05, 4.69) is 104 Å². The van der Waals surface area contributed by atoms with Crippen molar-refractivity contribution in [3.8, 4) is 0 Å². The van der Waals surface area contributed by atoms with Crippen molar-refractivity contribution >= 4 is 27.9 Å². The second-order valence-electron chi connectivity index (χ2n) is 13.4. The highest BCUT2D eigenvalue weighted by atomic mass is 16.5. The lowest BCUT2D eigenvalue weighted by molar-refractivity contribution is -0.445. The van der Waals surface area contributed by atoms with Crippen molar-refractivity contribution in [2.24, 2.45) is 0 Å². The van der Waals surface area contributed by atoms with Gasteiger partial charge in [0.25, 0.3) is 0 Å². The number of nitrogens with zero attached hydrogens (tertiary/aromatic N) is 2. The molecule has 5 heterocycles. The molecule has 0 saturated heterocycles. The number of fused-ring (bicyclic) bond motifs is 10. The van der Waals surface area contributed by atoms with Crippen LogP contribution in [0.25, 0.3) is 10.8 Å². The standard InChI is InChI=1S/C37H41N2O/c1-5-6-11-20-37(4)28-14-9-10-15-29(28)38-21-18-32-27(35(37)38)23-26-31(40-32)19-22-39-30-17-16-24-12-7-8-13-25(24)33(30)36(2,3)34(26)39/h7-10,12-17,23,31-32H,5-6,11,18-22H2,1-4H3/q+1. The minimum Gasteiger partial charge on any atom is -0.365 e. The second kappa shape index (κ2) is 8.66. The molecule has 0 N–H and O–H groups in total. The highest BCUT2D eigenvalue weighted by molar-refractivity contribution is 6.11. The van der Waals surface area contributed by atoms with Crippen LogP contribution in [0.5, 0.6) is 0 Å². The number of hydrogen-bond donors (Lipinski definition) is 0. The quantitative estimate of drug-likeness (QED) is 0.249. The summed E-state index contributed by atoms with van der Waals surface area (Å²) in [5.41, 5.74) is 11.6. The minimum absolute atomic E-state index is 0.0242. The smallest absolute Gasteiger partial charge is 0.210 e. The number of benzene rings is 3. The highest BCUT2D eigenvalue weighted by Gasteiger charge is 2.55. The monoisotopic (exact) mass is 529 g/mol. The third-order valence-corrected chi connectivity index (χ3v) is 10.7. The first-order chi connectivity index (χ1) is 19.4. The zero-order chi connectivity index (χ0) is 27.2. The van der Waals surface area contributed by atoms with Crippen LogP contribution in [0.2, 0.25) is 0 Å². The van der Waals surface area contributed by atoms with E-state index in [1.165, 1.54) is 81.5 Å². The van der Waals surface area contributed by atoms with Crippen LogP contribution in [0.1, 0.15) is 77.3 Å². The van der Waals surface area contributed by atoms with Gasteiger partial charge >= 0.3 is 0 Å². The molecule has 3 unspecified atom stereocenters. The molecule has 0 fully saturated rings. The predicted molar refractivity (Wildman–Crippen MR) is 165 cm³/mol. The van der Waals surface area contributed by atoms with Crippen LogP contribution >= 0.6 is 0 Å². The van der Waals surface area contributed by atoms with Crippen LogP contribution in [0.3, 0.4) is 0 Å². The largest absolute Gasteiger partial charge is 0.365 e. The van der Waals surface area contributed by atoms with Gasteiger partial charge in [-0.1, -0.05) is 68.7 Å². The molecule has 40 heavy (non-hydrogen) atoms. The number of para-hydroxylation sites is 1. The summed E-state index contributed by atoms with van der Waals surface area (Å²) in [6.07, 6.45) is 10.1. The molecule has 8 rings (SSSR count). The Kier molecular flexibility index (Phi) is 5.33. The maximum absolute atomic E-state index is 7.11. The third kappa shape index (κ3) is 3.19. The summed E-state index contributed by atoms with van der Waals surface area (Å²) in [6.45, 7) is 11.8. The lowest BCUT2D eigenvalue weighted by atomic mass is 9.71. The fourth-order valence-electron chi connectivity index (χ4n) is 8.96. The summed E-state index contributed by atoms with van der Waals surface area (Å²) in [4.78, 5) is 2.65. The van der Waals surface area contributed by atoms with Gasteiger partial charge < -0.3 is 9.64 Å². The van der Waals surface area contributed by atoms with Crippen molar-refractivity contribution in [1.29, 1.82) is 0 Å². The number of rotatable bonds is 4. The Balaban J connectivity index is 1.32. The molecular formula is C37H41N2O+. The number of allylic oxidation sites excluding steroid dienone is 1. The van der Waals surface area contributed by atoms with Crippen LogP contribution in [-0.2, 0) is 15.6 Å². The first kappa shape index (κ1) is 24.6. The van der Waals surface area contributed by atoms with Crippen LogP contribution in [0.4, 0.5) is 11.4 Å². The van der Waals surface area contributed by atoms with Gasteiger partial charge in [-0.3, -0.25) is 0 Å². The van der Waals surface area contributed by atoms with E-state index in [1.807, 2.05) is 0 Å². The lowest BCUT2D eigenvalue weighted by Crippen LogP contribution is -2.47. The van der Waals surface area contributed by atoms with E-state index < -0.39 is 0 Å². The number of anilines is 1. The molecule has 5 aliphatic rings. The molecule has 0 spiro atoms. The van der Waals surface area contributed by atoms with Crippen LogP contribution < -0.4 is 4.90 Å². The zero-order valence-electron chi connectivity index (χ0n) is 24.5. The Morgan fingerprint density at radius 3 is 2.62 bits per heavy atom. The average molecular weight is 530 g/mol. The first-order valence-electron chi connectivity index (χ1n) is 15.6. The molecule has 0 aromatic heterocycles. The summed E-state index contributed by atoms with van der Waals surface area (Å²) in [5.74, 6) is 0. The summed E-state index contributed by atoms with van der Waals surface area (Å²) >= 11 is 0. The molecular weight excluding hydrogens is 488 g/mol. The molecule has 204 valence electrons. The number of hydrogen-bond acceptors (Lipinski definition) is 2. The first-order valence-corrected chi connectivity index (χ1v) is 15.6. The predicted octanol–water partition coefficient (Wildman–Crippen LogP) is 8.33. The van der Waals surface area contributed by atoms with Gasteiger partial charge in [0, 0.05) is 52.5 Å². The molecule has 0 aliphatic carbocycles. The normalized spacial score (nSPS) is 27.6. The highest BCUT2D eigenvalue weighted by Crippen LogP contribution is 2.56. The lowest BCUT2D eigenvalue weighted by Gasteiger charge is -2.43. The van der Waals surface area contributed by atoms with Crippen LogP contribution in [0, 0.1) is 0 Å². The summed E-state index contributed by atoms with van der Waals surface area (Å²) < 4.78 is 9.74. The Hall–Kier alpha value is -3.17. The Morgan fingerprint density at radius 2 is 1.75 bits per heavy atom. The molecule has 3 aromatic rings. The topological polar surface area (TPSA) is 15.5 Å². The second-order valence-corrected chi connectivity index (χ2v) is 13.4. The Labute approximate surface area is 238 Å². The molecule has 3 atom stereocenters. The molecule has 5 aliphatic heterocycles. The molecule has 0 amide bonds. The van der Waals surface area contributed by atoms with E-state index in [1.54, 1.807) is 0 Å². The van der Waals surface area contributed by atoms with Gasteiger partial charge in [-0.15, -0.1) is 0 Å². The third-order valence-electron chi connectivity index (χ3n) is 10.7. The van der Waals surface area contributed by atoms with Crippen LogP contribution in [-0.4, -0.2) is 35.6 Å². The van der Waals surface area contributed by atoms with Gasteiger partial charge in [-0.25, -0.2) is 0 Å². The van der Waals surface area contributed by atoms with E-state index in [4.69, 9.17) is 4.74 Å². The fourth-order valence-corrected chi connectivity index (χ4v) is 8.96.